The second kappa shape index (κ2) is 7.83. The molecule has 1 atom stereocenters. The smallest absolute Gasteiger partial charge is 0.0641 e. The summed E-state index contributed by atoms with van der Waals surface area (Å²) in [6.07, 6.45) is 0.515. The van der Waals surface area contributed by atoms with E-state index in [4.69, 9.17) is 10.00 Å². The van der Waals surface area contributed by atoms with Crippen LogP contribution in [-0.2, 0) is 4.74 Å². The van der Waals surface area contributed by atoms with Crippen LogP contribution in [0.15, 0.2) is 30.3 Å². The zero-order valence-corrected chi connectivity index (χ0v) is 10.6. The summed E-state index contributed by atoms with van der Waals surface area (Å²) in [5.41, 5.74) is 1.20. The fourth-order valence-corrected chi connectivity index (χ4v) is 1.96. The first-order valence-corrected chi connectivity index (χ1v) is 5.98. The second-order valence-electron chi connectivity index (χ2n) is 3.91. The second-order valence-corrected chi connectivity index (χ2v) is 3.91. The molecule has 1 aromatic carbocycles. The van der Waals surface area contributed by atoms with E-state index in [1.54, 1.807) is 7.11 Å². The van der Waals surface area contributed by atoms with E-state index in [9.17, 15) is 0 Å². The van der Waals surface area contributed by atoms with Crippen LogP contribution in [0.2, 0.25) is 0 Å². The van der Waals surface area contributed by atoms with E-state index in [0.717, 1.165) is 13.1 Å². The maximum absolute atomic E-state index is 8.96. The molecule has 1 rings (SSSR count). The summed E-state index contributed by atoms with van der Waals surface area (Å²) < 4.78 is 5.11. The number of hydrogen-bond acceptors (Lipinski definition) is 3. The molecule has 0 saturated heterocycles. The fourth-order valence-electron chi connectivity index (χ4n) is 1.96. The summed E-state index contributed by atoms with van der Waals surface area (Å²) in [5, 5.41) is 8.96. The first-order valence-electron chi connectivity index (χ1n) is 5.98. The Morgan fingerprint density at radius 2 is 2.06 bits per heavy atom. The molecule has 0 heterocycles. The molecule has 0 bridgehead atoms. The molecule has 0 saturated carbocycles. The van der Waals surface area contributed by atoms with Gasteiger partial charge in [0, 0.05) is 19.7 Å². The summed E-state index contributed by atoms with van der Waals surface area (Å²) in [4.78, 5) is 2.28. The van der Waals surface area contributed by atoms with Gasteiger partial charge < -0.3 is 4.74 Å². The van der Waals surface area contributed by atoms with E-state index in [2.05, 4.69) is 30.0 Å². The molecular weight excluding hydrogens is 212 g/mol. The van der Waals surface area contributed by atoms with Crippen molar-refractivity contribution in [2.75, 3.05) is 26.8 Å². The van der Waals surface area contributed by atoms with Gasteiger partial charge in [0.15, 0.2) is 0 Å². The molecule has 1 aromatic rings. The molecular formula is C14H20N2O. The summed E-state index contributed by atoms with van der Waals surface area (Å²) in [5.74, 6) is 0. The quantitative estimate of drug-likeness (QED) is 0.725. The number of hydrogen-bond donors (Lipinski definition) is 0. The van der Waals surface area contributed by atoms with Crippen molar-refractivity contribution >= 4 is 0 Å². The lowest BCUT2D eigenvalue weighted by molar-refractivity contribution is 0.124. The Bertz CT molecular complexity index is 345. The predicted octanol–water partition coefficient (Wildman–Crippen LogP) is 2.61. The zero-order chi connectivity index (χ0) is 12.5. The van der Waals surface area contributed by atoms with Gasteiger partial charge in [0.05, 0.1) is 19.1 Å². The zero-order valence-electron chi connectivity index (χ0n) is 10.6. The molecule has 3 heteroatoms. The van der Waals surface area contributed by atoms with Crippen LogP contribution in [0.4, 0.5) is 0 Å². The number of rotatable bonds is 7. The summed E-state index contributed by atoms with van der Waals surface area (Å²) in [6, 6.07) is 12.6. The third kappa shape index (κ3) is 4.18. The van der Waals surface area contributed by atoms with Crippen LogP contribution in [0, 0.1) is 11.3 Å². The third-order valence-electron chi connectivity index (χ3n) is 2.90. The largest absolute Gasteiger partial charge is 0.383 e. The minimum atomic E-state index is 0.168. The number of ether oxygens (including phenoxy) is 1. The SMILES string of the molecule is CCN(CCOC)C(CC#N)c1ccccc1. The molecule has 17 heavy (non-hydrogen) atoms. The molecule has 3 nitrogen and oxygen atoms in total. The fraction of sp³-hybridized carbons (Fsp3) is 0.500. The van der Waals surface area contributed by atoms with Crippen LogP contribution in [0.1, 0.15) is 24.9 Å². The van der Waals surface area contributed by atoms with Crippen molar-refractivity contribution in [2.24, 2.45) is 0 Å². The molecule has 0 aromatic heterocycles. The van der Waals surface area contributed by atoms with Gasteiger partial charge in [-0.2, -0.15) is 5.26 Å². The van der Waals surface area contributed by atoms with E-state index < -0.39 is 0 Å². The summed E-state index contributed by atoms with van der Waals surface area (Å²) in [6.45, 7) is 4.59. The molecule has 0 spiro atoms. The molecule has 92 valence electrons. The van der Waals surface area contributed by atoms with Crippen molar-refractivity contribution in [1.29, 1.82) is 5.26 Å². The first-order chi connectivity index (χ1) is 8.33. The van der Waals surface area contributed by atoms with Crippen molar-refractivity contribution in [2.45, 2.75) is 19.4 Å². The highest BCUT2D eigenvalue weighted by Gasteiger charge is 2.18. The summed E-state index contributed by atoms with van der Waals surface area (Å²) in [7, 11) is 1.70. The standard InChI is InChI=1S/C14H20N2O/c1-3-16(11-12-17-2)14(9-10-15)13-7-5-4-6-8-13/h4-8,14H,3,9,11-12H2,1-2H3. The minimum absolute atomic E-state index is 0.168. The number of nitriles is 1. The van der Waals surface area contributed by atoms with E-state index >= 15 is 0 Å². The van der Waals surface area contributed by atoms with Gasteiger partial charge in [-0.15, -0.1) is 0 Å². The van der Waals surface area contributed by atoms with Gasteiger partial charge in [-0.1, -0.05) is 37.3 Å². The van der Waals surface area contributed by atoms with Crippen LogP contribution in [0.3, 0.4) is 0 Å². The Balaban J connectivity index is 2.80. The van der Waals surface area contributed by atoms with Gasteiger partial charge in [-0.05, 0) is 12.1 Å². The monoisotopic (exact) mass is 232 g/mol. The molecule has 0 radical (unpaired) electrons. The Morgan fingerprint density at radius 3 is 2.59 bits per heavy atom. The van der Waals surface area contributed by atoms with Gasteiger partial charge in [0.2, 0.25) is 0 Å². The highest BCUT2D eigenvalue weighted by Crippen LogP contribution is 2.23. The topological polar surface area (TPSA) is 36.3 Å². The predicted molar refractivity (Wildman–Crippen MR) is 68.5 cm³/mol. The molecule has 0 aliphatic carbocycles. The minimum Gasteiger partial charge on any atom is -0.383 e. The molecule has 0 fully saturated rings. The molecule has 0 amide bonds. The Hall–Kier alpha value is -1.37. The van der Waals surface area contributed by atoms with Gasteiger partial charge in [0.1, 0.15) is 0 Å². The number of methoxy groups -OCH3 is 1. The van der Waals surface area contributed by atoms with Gasteiger partial charge in [0.25, 0.3) is 0 Å². The van der Waals surface area contributed by atoms with Gasteiger partial charge >= 0.3 is 0 Å². The third-order valence-corrected chi connectivity index (χ3v) is 2.90. The average molecular weight is 232 g/mol. The number of benzene rings is 1. The van der Waals surface area contributed by atoms with E-state index in [-0.39, 0.29) is 6.04 Å². The van der Waals surface area contributed by atoms with E-state index in [1.165, 1.54) is 5.56 Å². The average Bonchev–Trinajstić information content (AvgIpc) is 2.39. The van der Waals surface area contributed by atoms with Crippen LogP contribution < -0.4 is 0 Å². The van der Waals surface area contributed by atoms with Crippen molar-refractivity contribution in [3.63, 3.8) is 0 Å². The number of likely N-dealkylation sites (N-methyl/N-ethyl adjacent to an activating group) is 1. The lowest BCUT2D eigenvalue weighted by Gasteiger charge is -2.29. The van der Waals surface area contributed by atoms with Crippen LogP contribution >= 0.6 is 0 Å². The van der Waals surface area contributed by atoms with Crippen molar-refractivity contribution in [3.05, 3.63) is 35.9 Å². The maximum Gasteiger partial charge on any atom is 0.0641 e. The molecule has 0 aliphatic rings. The summed E-state index contributed by atoms with van der Waals surface area (Å²) >= 11 is 0. The Morgan fingerprint density at radius 1 is 1.35 bits per heavy atom. The lowest BCUT2D eigenvalue weighted by Crippen LogP contribution is -2.31. The Labute approximate surface area is 104 Å². The Kier molecular flexibility index (Phi) is 6.31. The van der Waals surface area contributed by atoms with Crippen molar-refractivity contribution < 1.29 is 4.74 Å². The van der Waals surface area contributed by atoms with Crippen LogP contribution in [0.25, 0.3) is 0 Å². The van der Waals surface area contributed by atoms with Crippen molar-refractivity contribution in [3.8, 4) is 6.07 Å². The van der Waals surface area contributed by atoms with E-state index in [0.29, 0.717) is 13.0 Å². The highest BCUT2D eigenvalue weighted by atomic mass is 16.5. The van der Waals surface area contributed by atoms with Crippen molar-refractivity contribution in [1.82, 2.24) is 4.90 Å². The van der Waals surface area contributed by atoms with Crippen LogP contribution in [-0.4, -0.2) is 31.7 Å². The normalized spacial score (nSPS) is 12.4. The number of nitrogens with zero attached hydrogens (tertiary/aromatic N) is 2. The van der Waals surface area contributed by atoms with Gasteiger partial charge in [-0.3, -0.25) is 4.90 Å². The van der Waals surface area contributed by atoms with Gasteiger partial charge in [-0.25, -0.2) is 0 Å². The lowest BCUT2D eigenvalue weighted by atomic mass is 10.0. The maximum atomic E-state index is 8.96. The van der Waals surface area contributed by atoms with Crippen LogP contribution in [0.5, 0.6) is 0 Å². The molecule has 0 aliphatic heterocycles. The van der Waals surface area contributed by atoms with E-state index in [1.807, 2.05) is 18.2 Å². The molecule has 1 unspecified atom stereocenters. The first kappa shape index (κ1) is 13.7. The molecule has 0 N–H and O–H groups in total. The highest BCUT2D eigenvalue weighted by molar-refractivity contribution is 5.20.